The molecule has 3 heteroatoms. The van der Waals surface area contributed by atoms with Crippen LogP contribution in [0.2, 0.25) is 0 Å². The summed E-state index contributed by atoms with van der Waals surface area (Å²) in [7, 11) is 0. The third kappa shape index (κ3) is 2.22. The monoisotopic (exact) mass is 210 g/mol. The van der Waals surface area contributed by atoms with Crippen molar-refractivity contribution in [2.24, 2.45) is 0 Å². The molecule has 1 aliphatic carbocycles. The molecule has 0 aliphatic heterocycles. The SMILES string of the molecule is Oc1cccc(S[C@@H]2CCC[C@H]2O)c1. The van der Waals surface area contributed by atoms with Crippen molar-refractivity contribution in [3.05, 3.63) is 24.3 Å². The maximum Gasteiger partial charge on any atom is 0.116 e. The van der Waals surface area contributed by atoms with E-state index in [0.29, 0.717) is 11.0 Å². The average Bonchev–Trinajstić information content (AvgIpc) is 2.52. The smallest absolute Gasteiger partial charge is 0.116 e. The number of phenols is 1. The fourth-order valence-corrected chi connectivity index (χ4v) is 3.05. The third-order valence-corrected chi connectivity index (χ3v) is 3.90. The Morgan fingerprint density at radius 2 is 2.14 bits per heavy atom. The second-order valence-corrected chi connectivity index (χ2v) is 4.96. The number of rotatable bonds is 2. The van der Waals surface area contributed by atoms with E-state index in [4.69, 9.17) is 0 Å². The normalized spacial score (nSPS) is 26.6. The first kappa shape index (κ1) is 9.87. The van der Waals surface area contributed by atoms with Gasteiger partial charge in [-0.25, -0.2) is 0 Å². The maximum absolute atomic E-state index is 9.64. The molecule has 2 nitrogen and oxygen atoms in total. The fraction of sp³-hybridized carbons (Fsp3) is 0.455. The van der Waals surface area contributed by atoms with Gasteiger partial charge in [0.2, 0.25) is 0 Å². The standard InChI is InChI=1S/C11H14O2S/c12-8-3-1-4-9(7-8)14-11-6-2-5-10(11)13/h1,3-4,7,10-13H,2,5-6H2/t10-,11-/m1/s1. The lowest BCUT2D eigenvalue weighted by atomic mass is 10.3. The molecule has 0 unspecified atom stereocenters. The van der Waals surface area contributed by atoms with E-state index in [-0.39, 0.29) is 6.10 Å². The Morgan fingerprint density at radius 3 is 2.79 bits per heavy atom. The highest BCUT2D eigenvalue weighted by atomic mass is 32.2. The molecule has 1 fully saturated rings. The zero-order valence-electron chi connectivity index (χ0n) is 7.89. The van der Waals surface area contributed by atoms with E-state index in [1.807, 2.05) is 12.1 Å². The lowest BCUT2D eigenvalue weighted by Crippen LogP contribution is -2.14. The molecular formula is C11H14O2S. The molecule has 0 saturated heterocycles. The predicted molar refractivity (Wildman–Crippen MR) is 57.6 cm³/mol. The van der Waals surface area contributed by atoms with Crippen LogP contribution in [0.3, 0.4) is 0 Å². The first-order chi connectivity index (χ1) is 6.75. The second-order valence-electron chi connectivity index (χ2n) is 3.65. The number of thioether (sulfide) groups is 1. The van der Waals surface area contributed by atoms with Gasteiger partial charge >= 0.3 is 0 Å². The van der Waals surface area contributed by atoms with Crippen molar-refractivity contribution in [2.45, 2.75) is 35.5 Å². The van der Waals surface area contributed by atoms with Crippen LogP contribution in [0.25, 0.3) is 0 Å². The Bertz CT molecular complexity index is 314. The van der Waals surface area contributed by atoms with E-state index in [1.165, 1.54) is 0 Å². The van der Waals surface area contributed by atoms with Crippen LogP contribution in [0.1, 0.15) is 19.3 Å². The molecule has 14 heavy (non-hydrogen) atoms. The predicted octanol–water partition coefficient (Wildman–Crippen LogP) is 2.40. The van der Waals surface area contributed by atoms with Gasteiger partial charge in [-0.15, -0.1) is 11.8 Å². The maximum atomic E-state index is 9.64. The average molecular weight is 210 g/mol. The van der Waals surface area contributed by atoms with Crippen molar-refractivity contribution in [2.75, 3.05) is 0 Å². The van der Waals surface area contributed by atoms with Crippen molar-refractivity contribution in [3.8, 4) is 5.75 Å². The van der Waals surface area contributed by atoms with Crippen molar-refractivity contribution in [1.29, 1.82) is 0 Å². The molecule has 2 atom stereocenters. The highest BCUT2D eigenvalue weighted by Crippen LogP contribution is 2.35. The van der Waals surface area contributed by atoms with E-state index >= 15 is 0 Å². The van der Waals surface area contributed by atoms with E-state index in [0.717, 1.165) is 24.2 Å². The van der Waals surface area contributed by atoms with E-state index in [2.05, 4.69) is 0 Å². The van der Waals surface area contributed by atoms with Gasteiger partial charge in [0.05, 0.1) is 6.10 Å². The van der Waals surface area contributed by atoms with Crippen LogP contribution in [-0.2, 0) is 0 Å². The number of benzene rings is 1. The Hall–Kier alpha value is -0.670. The van der Waals surface area contributed by atoms with Crippen molar-refractivity contribution in [3.63, 3.8) is 0 Å². The Morgan fingerprint density at radius 1 is 1.29 bits per heavy atom. The molecule has 1 aromatic rings. The van der Waals surface area contributed by atoms with E-state index < -0.39 is 0 Å². The van der Waals surface area contributed by atoms with Gasteiger partial charge in [-0.2, -0.15) is 0 Å². The minimum atomic E-state index is -0.178. The number of hydrogen-bond donors (Lipinski definition) is 2. The first-order valence-electron chi connectivity index (χ1n) is 4.89. The summed E-state index contributed by atoms with van der Waals surface area (Å²) in [6.07, 6.45) is 2.91. The zero-order valence-corrected chi connectivity index (χ0v) is 8.70. The van der Waals surface area contributed by atoms with Crippen molar-refractivity contribution in [1.82, 2.24) is 0 Å². The summed E-state index contributed by atoms with van der Waals surface area (Å²) in [5, 5.41) is 19.2. The number of aliphatic hydroxyl groups is 1. The fourth-order valence-electron chi connectivity index (χ4n) is 1.78. The number of aliphatic hydroxyl groups excluding tert-OH is 1. The molecule has 0 heterocycles. The molecular weight excluding hydrogens is 196 g/mol. The van der Waals surface area contributed by atoms with Gasteiger partial charge in [0.1, 0.15) is 5.75 Å². The summed E-state index contributed by atoms with van der Waals surface area (Å²) in [4.78, 5) is 1.04. The highest BCUT2D eigenvalue weighted by molar-refractivity contribution is 8.00. The zero-order chi connectivity index (χ0) is 9.97. The molecule has 0 amide bonds. The molecule has 1 aliphatic rings. The van der Waals surface area contributed by atoms with Crippen LogP contribution in [0.4, 0.5) is 0 Å². The lowest BCUT2D eigenvalue weighted by molar-refractivity contribution is 0.188. The summed E-state index contributed by atoms with van der Waals surface area (Å²) >= 11 is 1.66. The molecule has 2 N–H and O–H groups in total. The first-order valence-corrected chi connectivity index (χ1v) is 5.77. The van der Waals surface area contributed by atoms with E-state index in [9.17, 15) is 10.2 Å². The van der Waals surface area contributed by atoms with Gasteiger partial charge in [-0.05, 0) is 37.5 Å². The van der Waals surface area contributed by atoms with Crippen LogP contribution >= 0.6 is 11.8 Å². The topological polar surface area (TPSA) is 40.5 Å². The third-order valence-electron chi connectivity index (χ3n) is 2.52. The number of hydrogen-bond acceptors (Lipinski definition) is 3. The minimum absolute atomic E-state index is 0.178. The van der Waals surface area contributed by atoms with Gasteiger partial charge in [0, 0.05) is 10.1 Å². The summed E-state index contributed by atoms with van der Waals surface area (Å²) in [6, 6.07) is 7.21. The van der Waals surface area contributed by atoms with Crippen LogP contribution in [0.5, 0.6) is 5.75 Å². The van der Waals surface area contributed by atoms with Crippen molar-refractivity contribution >= 4 is 11.8 Å². The molecule has 76 valence electrons. The van der Waals surface area contributed by atoms with Gasteiger partial charge in [0.15, 0.2) is 0 Å². The molecule has 0 radical (unpaired) electrons. The minimum Gasteiger partial charge on any atom is -0.508 e. The van der Waals surface area contributed by atoms with E-state index in [1.54, 1.807) is 23.9 Å². The molecule has 1 saturated carbocycles. The number of aromatic hydroxyl groups is 1. The summed E-state index contributed by atoms with van der Waals surface area (Å²) in [5.74, 6) is 0.294. The molecule has 0 bridgehead atoms. The second kappa shape index (κ2) is 4.24. The Balaban J connectivity index is 2.03. The Kier molecular flexibility index (Phi) is 2.99. The Labute approximate surface area is 88.0 Å². The molecule has 0 aromatic heterocycles. The van der Waals surface area contributed by atoms with Crippen LogP contribution in [0, 0.1) is 0 Å². The highest BCUT2D eigenvalue weighted by Gasteiger charge is 2.25. The summed E-state index contributed by atoms with van der Waals surface area (Å²) in [6.45, 7) is 0. The van der Waals surface area contributed by atoms with Gasteiger partial charge in [-0.3, -0.25) is 0 Å². The van der Waals surface area contributed by atoms with Crippen LogP contribution in [0.15, 0.2) is 29.2 Å². The lowest BCUT2D eigenvalue weighted by Gasteiger charge is -2.13. The summed E-state index contributed by atoms with van der Waals surface area (Å²) in [5.41, 5.74) is 0. The largest absolute Gasteiger partial charge is 0.508 e. The molecule has 2 rings (SSSR count). The molecule has 1 aromatic carbocycles. The van der Waals surface area contributed by atoms with Gasteiger partial charge < -0.3 is 10.2 Å². The quantitative estimate of drug-likeness (QED) is 0.787. The summed E-state index contributed by atoms with van der Waals surface area (Å²) < 4.78 is 0. The number of phenolic OH excluding ortho intramolecular Hbond substituents is 1. The molecule has 0 spiro atoms. The van der Waals surface area contributed by atoms with Gasteiger partial charge in [0.25, 0.3) is 0 Å². The van der Waals surface area contributed by atoms with Crippen LogP contribution in [-0.4, -0.2) is 21.6 Å². The van der Waals surface area contributed by atoms with Crippen LogP contribution < -0.4 is 0 Å². The van der Waals surface area contributed by atoms with Gasteiger partial charge in [-0.1, -0.05) is 6.07 Å². The van der Waals surface area contributed by atoms with Crippen molar-refractivity contribution < 1.29 is 10.2 Å².